The minimum Gasteiger partial charge on any atom is -0.0622 e. The predicted octanol–water partition coefficient (Wildman–Crippen LogP) is 3.47. The maximum absolute atomic E-state index is 8.10. The SMILES string of the molecule is [2H]C([2H])(c1ccccc1)C([2H])([2H])c1ccccc1. The second kappa shape index (κ2) is 4.61. The van der Waals surface area contributed by atoms with Crippen molar-refractivity contribution < 1.29 is 5.48 Å². The molecule has 0 amide bonds. The average Bonchev–Trinajstić information content (AvgIpc) is 2.40. The van der Waals surface area contributed by atoms with Gasteiger partial charge >= 0.3 is 0 Å². The van der Waals surface area contributed by atoms with Crippen molar-refractivity contribution in [2.45, 2.75) is 12.7 Å². The van der Waals surface area contributed by atoms with Crippen LogP contribution in [0.3, 0.4) is 0 Å². The third-order valence-corrected chi connectivity index (χ3v) is 1.90. The molecule has 0 aliphatic heterocycles. The lowest BCUT2D eigenvalue weighted by Gasteiger charge is -2.01. The fourth-order valence-corrected chi connectivity index (χ4v) is 1.19. The summed E-state index contributed by atoms with van der Waals surface area (Å²) in [5.74, 6) is 0. The van der Waals surface area contributed by atoms with Gasteiger partial charge in [0.05, 0.1) is 0 Å². The molecule has 70 valence electrons. The van der Waals surface area contributed by atoms with E-state index in [0.29, 0.717) is 11.1 Å². The van der Waals surface area contributed by atoms with Crippen LogP contribution in [0.1, 0.15) is 16.6 Å². The first-order valence-corrected chi connectivity index (χ1v) is 4.57. The summed E-state index contributed by atoms with van der Waals surface area (Å²) in [6.07, 6.45) is -4.15. The molecule has 14 heavy (non-hydrogen) atoms. The maximum atomic E-state index is 8.10. The molecule has 0 unspecified atom stereocenters. The molecule has 0 aromatic heterocycles. The van der Waals surface area contributed by atoms with Crippen LogP contribution in [0.15, 0.2) is 60.7 Å². The molecule has 0 aliphatic carbocycles. The van der Waals surface area contributed by atoms with Gasteiger partial charge in [-0.3, -0.25) is 0 Å². The van der Waals surface area contributed by atoms with Crippen molar-refractivity contribution in [3.63, 3.8) is 0 Å². The highest BCUT2D eigenvalue weighted by Gasteiger charge is 1.93. The largest absolute Gasteiger partial charge is 0.0622 e. The van der Waals surface area contributed by atoms with E-state index in [9.17, 15) is 0 Å². The zero-order chi connectivity index (χ0) is 13.2. The Bertz CT molecular complexity index is 456. The van der Waals surface area contributed by atoms with Crippen molar-refractivity contribution in [2.75, 3.05) is 0 Å². The molecule has 0 nitrogen and oxygen atoms in total. The van der Waals surface area contributed by atoms with Crippen LogP contribution in [0, 0.1) is 0 Å². The summed E-state index contributed by atoms with van der Waals surface area (Å²) in [4.78, 5) is 0. The molecule has 2 aromatic carbocycles. The monoisotopic (exact) mass is 186 g/mol. The van der Waals surface area contributed by atoms with Crippen LogP contribution >= 0.6 is 0 Å². The van der Waals surface area contributed by atoms with Crippen molar-refractivity contribution >= 4 is 0 Å². The second-order valence-corrected chi connectivity index (χ2v) is 2.98. The molecular weight excluding hydrogens is 168 g/mol. The molecule has 2 rings (SSSR count). The molecule has 0 fully saturated rings. The fourth-order valence-electron chi connectivity index (χ4n) is 1.19. The minimum atomic E-state index is -2.07. The Morgan fingerprint density at radius 1 is 0.643 bits per heavy atom. The highest BCUT2D eigenvalue weighted by atomic mass is 14.0. The Balaban J connectivity index is 2.47. The van der Waals surface area contributed by atoms with E-state index in [-0.39, 0.29) is 0 Å². The molecule has 0 radical (unpaired) electrons. The molecular formula is C14H14. The highest BCUT2D eigenvalue weighted by molar-refractivity contribution is 5.19. The van der Waals surface area contributed by atoms with E-state index in [2.05, 4.69) is 0 Å². The van der Waals surface area contributed by atoms with Crippen LogP contribution in [0.25, 0.3) is 0 Å². The van der Waals surface area contributed by atoms with E-state index in [1.807, 2.05) is 0 Å². The van der Waals surface area contributed by atoms with E-state index >= 15 is 0 Å². The van der Waals surface area contributed by atoms with Crippen molar-refractivity contribution in [3.8, 4) is 0 Å². The number of hydrogen-bond donors (Lipinski definition) is 0. The number of aryl methyl sites for hydroxylation is 2. The van der Waals surface area contributed by atoms with Crippen molar-refractivity contribution in [2.24, 2.45) is 0 Å². The molecule has 2 aromatic rings. The third-order valence-electron chi connectivity index (χ3n) is 1.90. The Morgan fingerprint density at radius 2 is 1.00 bits per heavy atom. The Kier molecular flexibility index (Phi) is 1.76. The molecule has 0 saturated heterocycles. The quantitative estimate of drug-likeness (QED) is 0.688. The van der Waals surface area contributed by atoms with Gasteiger partial charge in [-0.2, -0.15) is 0 Å². The van der Waals surface area contributed by atoms with Crippen molar-refractivity contribution in [1.82, 2.24) is 0 Å². The molecule has 0 aliphatic rings. The van der Waals surface area contributed by atoms with E-state index in [1.54, 1.807) is 60.7 Å². The van der Waals surface area contributed by atoms with Crippen molar-refractivity contribution in [3.05, 3.63) is 71.8 Å². The van der Waals surface area contributed by atoms with Crippen LogP contribution in [0.4, 0.5) is 0 Å². The van der Waals surface area contributed by atoms with Gasteiger partial charge in [-0.15, -0.1) is 0 Å². The molecule has 0 bridgehead atoms. The van der Waals surface area contributed by atoms with Gasteiger partial charge in [0.15, 0.2) is 0 Å². The lowest BCUT2D eigenvalue weighted by atomic mass is 10.0. The average molecular weight is 186 g/mol. The smallest absolute Gasteiger partial charge is 0.0319 e. The van der Waals surface area contributed by atoms with Gasteiger partial charge in [0, 0.05) is 5.48 Å². The van der Waals surface area contributed by atoms with Crippen LogP contribution < -0.4 is 0 Å². The molecule has 0 saturated carbocycles. The maximum Gasteiger partial charge on any atom is 0.0319 e. The van der Waals surface area contributed by atoms with E-state index in [4.69, 9.17) is 5.48 Å². The zero-order valence-electron chi connectivity index (χ0n) is 11.8. The lowest BCUT2D eigenvalue weighted by Crippen LogP contribution is -1.89. The molecule has 0 heterocycles. The summed E-state index contributed by atoms with van der Waals surface area (Å²) < 4.78 is 32.4. The Morgan fingerprint density at radius 3 is 1.36 bits per heavy atom. The van der Waals surface area contributed by atoms with Crippen LogP contribution in [0.5, 0.6) is 0 Å². The van der Waals surface area contributed by atoms with Crippen LogP contribution in [-0.4, -0.2) is 0 Å². The molecule has 0 atom stereocenters. The summed E-state index contributed by atoms with van der Waals surface area (Å²) in [5, 5.41) is 0. The number of rotatable bonds is 3. The highest BCUT2D eigenvalue weighted by Crippen LogP contribution is 2.06. The normalized spacial score (nSPS) is 16.3. The van der Waals surface area contributed by atoms with Crippen molar-refractivity contribution in [1.29, 1.82) is 0 Å². The van der Waals surface area contributed by atoms with E-state index in [1.165, 1.54) is 0 Å². The summed E-state index contributed by atoms with van der Waals surface area (Å²) in [6, 6.07) is 16.9. The van der Waals surface area contributed by atoms with E-state index in [0.717, 1.165) is 0 Å². The van der Waals surface area contributed by atoms with Gasteiger partial charge in [-0.05, 0) is 23.9 Å². The first-order chi connectivity index (χ1) is 8.46. The summed E-state index contributed by atoms with van der Waals surface area (Å²) in [6.45, 7) is 0. The van der Waals surface area contributed by atoms with Gasteiger partial charge in [-0.1, -0.05) is 60.7 Å². The summed E-state index contributed by atoms with van der Waals surface area (Å²) in [7, 11) is 0. The molecule has 0 N–H and O–H groups in total. The first-order valence-electron chi connectivity index (χ1n) is 6.57. The summed E-state index contributed by atoms with van der Waals surface area (Å²) in [5.41, 5.74) is 0.692. The van der Waals surface area contributed by atoms with Gasteiger partial charge in [0.2, 0.25) is 0 Å². The van der Waals surface area contributed by atoms with Crippen LogP contribution in [-0.2, 0) is 12.7 Å². The molecule has 0 heteroatoms. The Labute approximate surface area is 90.8 Å². The van der Waals surface area contributed by atoms with Gasteiger partial charge in [-0.25, -0.2) is 0 Å². The number of hydrogen-bond acceptors (Lipinski definition) is 0. The lowest BCUT2D eigenvalue weighted by molar-refractivity contribution is 0.960. The van der Waals surface area contributed by atoms with Gasteiger partial charge in [0.25, 0.3) is 0 Å². The van der Waals surface area contributed by atoms with E-state index < -0.39 is 12.7 Å². The zero-order valence-corrected chi connectivity index (χ0v) is 7.77. The number of benzene rings is 2. The fraction of sp³-hybridized carbons (Fsp3) is 0.143. The topological polar surface area (TPSA) is 0 Å². The minimum absolute atomic E-state index is 0.346. The Hall–Kier alpha value is -1.56. The third kappa shape index (κ3) is 2.46. The standard InChI is InChI=1S/C14H14/c1-3-7-13(8-4-1)11-12-14-9-5-2-6-10-14/h1-10H,11-12H2/i11D2,12D2. The summed E-state index contributed by atoms with van der Waals surface area (Å²) >= 11 is 0. The van der Waals surface area contributed by atoms with Crippen LogP contribution in [0.2, 0.25) is 0 Å². The first kappa shape index (κ1) is 5.35. The second-order valence-electron chi connectivity index (χ2n) is 2.98. The predicted molar refractivity (Wildman–Crippen MR) is 60.3 cm³/mol. The van der Waals surface area contributed by atoms with Gasteiger partial charge in [0.1, 0.15) is 0 Å². The molecule has 0 spiro atoms. The van der Waals surface area contributed by atoms with Gasteiger partial charge < -0.3 is 0 Å².